The molecule has 120 heavy (non-hydrogen) atoms. The molecule has 2 unspecified atom stereocenters. The average molecular weight is 1690 g/mol. The molecule has 3 saturated heterocycles. The number of carbonyl (C=O) groups is 16. The largest absolute Gasteiger partial charge is 0.497 e. The number of nitrogens with one attached hydrogen (secondary N) is 11. The van der Waals surface area contributed by atoms with Crippen molar-refractivity contribution in [3.05, 3.63) is 102 Å². The Kier molecular flexibility index (Phi) is 36.0. The molecule has 652 valence electrons. The number of para-hydroxylation sites is 2. The number of likely N-dealkylation sites (N-methyl/N-ethyl adjacent to an activating group) is 3. The summed E-state index contributed by atoms with van der Waals surface area (Å²) in [5, 5.41) is 45.3. The summed E-state index contributed by atoms with van der Waals surface area (Å²) >= 11 is 1.03. The van der Waals surface area contributed by atoms with E-state index in [1.54, 1.807) is 85.2 Å². The van der Waals surface area contributed by atoms with Gasteiger partial charge in [-0.15, -0.1) is 0 Å². The number of thioether (sulfide) groups is 1. The molecule has 3 aromatic carbocycles. The van der Waals surface area contributed by atoms with Gasteiger partial charge < -0.3 is 114 Å². The smallest absolute Gasteiger partial charge is 0.305 e. The first kappa shape index (κ1) is 93.8. The first-order valence-corrected chi connectivity index (χ1v) is 41.5. The third-order valence-corrected chi connectivity index (χ3v) is 22.4. The van der Waals surface area contributed by atoms with Crippen molar-refractivity contribution in [1.82, 2.24) is 82.3 Å². The number of carbonyl (C=O) groups excluding carboxylic acids is 14. The predicted molar refractivity (Wildman–Crippen MR) is 442 cm³/mol. The number of carboxylic acid groups (broad SMARTS) is 2. The average Bonchev–Trinajstić information content (AvgIpc) is 1.64. The van der Waals surface area contributed by atoms with E-state index in [2.05, 4.69) is 57.8 Å². The van der Waals surface area contributed by atoms with Crippen LogP contribution in [0.4, 0.5) is 0 Å². The second-order valence-electron chi connectivity index (χ2n) is 30.2. The summed E-state index contributed by atoms with van der Waals surface area (Å²) in [6.45, 7) is -0.329. The van der Waals surface area contributed by atoms with Crippen LogP contribution >= 0.6 is 11.8 Å². The topological polar surface area (TPSA) is 557 Å². The minimum absolute atomic E-state index is 0.0113. The number of aromatic nitrogens is 2. The van der Waals surface area contributed by atoms with E-state index in [0.717, 1.165) is 31.4 Å². The van der Waals surface area contributed by atoms with Crippen molar-refractivity contribution in [3.63, 3.8) is 0 Å². The third kappa shape index (κ3) is 26.4. The summed E-state index contributed by atoms with van der Waals surface area (Å²) in [4.78, 5) is 240. The fourth-order valence-electron chi connectivity index (χ4n) is 14.9. The maximum atomic E-state index is 15.2. The summed E-state index contributed by atoms with van der Waals surface area (Å²) < 4.78 is 5.29. The molecule has 0 spiro atoms. The quantitative estimate of drug-likeness (QED) is 0.0337. The number of nitrogens with zero attached hydrogens (tertiary/aromatic N) is 5. The molecular formula is C81H113N19O19S. The van der Waals surface area contributed by atoms with Crippen molar-refractivity contribution in [1.29, 1.82) is 0 Å². The van der Waals surface area contributed by atoms with E-state index in [1.165, 1.54) is 33.2 Å². The highest BCUT2D eigenvalue weighted by Gasteiger charge is 2.44. The molecule has 0 saturated carbocycles. The number of amides is 14. The molecule has 2 aromatic heterocycles. The Morgan fingerprint density at radius 3 is 1.59 bits per heavy atom. The lowest BCUT2D eigenvalue weighted by Crippen LogP contribution is -2.61. The Morgan fingerprint density at radius 2 is 1.02 bits per heavy atom. The Labute approximate surface area is 698 Å². The van der Waals surface area contributed by atoms with Crippen LogP contribution in [-0.4, -0.2) is 298 Å². The SMILES string of the molecule is CCCC[C@H]1C(=O)N[C@@H](CCC(=O)O)C(=O)NCCSCC(=O)N[C@@H](Cc2ccc(OC)cc2)C(=O)N(C)CC(=O)N[C@@H](CC(=O)O)C(=O)N2CCCC2C(=O)N[C@@H](CN)C(=O)N[C@@H](CCCCN)C(=O)N2CCCC2C(=O)N[C@@H](Cc2c[nH]c3ccccc23)C(=O)N[C@@H](CCN)C(=O)N[C@@H](Cc2c[nH]c3ccccc23)C(=O)N(C)CC(=O)N1C. The Balaban J connectivity index is 1.11. The zero-order chi connectivity index (χ0) is 87.3. The zero-order valence-electron chi connectivity index (χ0n) is 68.2. The minimum atomic E-state index is -1.80. The second kappa shape index (κ2) is 46.0. The highest BCUT2D eigenvalue weighted by Crippen LogP contribution is 2.26. The van der Waals surface area contributed by atoms with Crippen molar-refractivity contribution in [2.24, 2.45) is 17.2 Å². The molecule has 11 atom stereocenters. The molecule has 5 heterocycles. The number of aliphatic carboxylic acids is 2. The van der Waals surface area contributed by atoms with E-state index in [0.29, 0.717) is 69.9 Å². The van der Waals surface area contributed by atoms with Crippen molar-refractivity contribution in [2.45, 2.75) is 183 Å². The number of fused-ring (bicyclic) bond motifs is 4. The normalized spacial score (nSPS) is 23.9. The van der Waals surface area contributed by atoms with Crippen LogP contribution in [0.1, 0.15) is 114 Å². The number of hydrogen-bond donors (Lipinski definition) is 16. The molecule has 0 aliphatic carbocycles. The van der Waals surface area contributed by atoms with Gasteiger partial charge in [0.2, 0.25) is 82.7 Å². The Morgan fingerprint density at radius 1 is 0.500 bits per heavy atom. The molecular weight excluding hydrogens is 1580 g/mol. The summed E-state index contributed by atoms with van der Waals surface area (Å²) in [6, 6.07) is 5.13. The molecule has 39 heteroatoms. The van der Waals surface area contributed by atoms with Gasteiger partial charge in [0.1, 0.15) is 72.2 Å². The molecule has 0 bridgehead atoms. The number of aromatic amines is 2. The lowest BCUT2D eigenvalue weighted by atomic mass is 10.0. The van der Waals surface area contributed by atoms with E-state index < -0.39 is 200 Å². The van der Waals surface area contributed by atoms with Crippen LogP contribution in [0.25, 0.3) is 21.8 Å². The molecule has 8 rings (SSSR count). The number of hydrogen-bond acceptors (Lipinski definition) is 21. The lowest BCUT2D eigenvalue weighted by Gasteiger charge is -2.32. The lowest BCUT2D eigenvalue weighted by molar-refractivity contribution is -0.146. The first-order chi connectivity index (χ1) is 57.5. The molecule has 5 aromatic rings. The van der Waals surface area contributed by atoms with Gasteiger partial charge in [-0.2, -0.15) is 11.8 Å². The van der Waals surface area contributed by atoms with Crippen LogP contribution in [0.15, 0.2) is 85.2 Å². The number of benzene rings is 3. The monoisotopic (exact) mass is 1690 g/mol. The van der Waals surface area contributed by atoms with Gasteiger partial charge in [0.25, 0.3) is 0 Å². The van der Waals surface area contributed by atoms with Gasteiger partial charge >= 0.3 is 11.9 Å². The second-order valence-corrected chi connectivity index (χ2v) is 31.3. The van der Waals surface area contributed by atoms with Gasteiger partial charge in [-0.05, 0) is 118 Å². The molecule has 0 radical (unpaired) electrons. The number of nitrogens with two attached hydrogens (primary N) is 3. The third-order valence-electron chi connectivity index (χ3n) is 21.4. The highest BCUT2D eigenvalue weighted by atomic mass is 32.2. The molecule has 3 fully saturated rings. The standard InChI is InChI=1S/C81H113N19O19S/c1-6-7-21-63-75(112)91-55(28-29-69(104)105)71(108)85-33-36-120-46-67(102)89-59(37-47-24-26-50(119-5)27-25-47)78(115)96(2)44-66(101)88-61(40-70(106)107)81(118)100-35-15-23-65(100)77(114)95-62(41-84)74(111)92-57(20-12-13-31-82)80(117)99-34-14-22-64(99)76(113)93-58(38-48-42-86-53-18-10-8-16-51(48)53)73(110)90-56(30-32-83)72(109)94-60(79(116)97(3)45-68(103)98(63)4)39-49-43-87-54-19-11-9-17-52(49)54/h8-11,16-19,24-27,42-43,55-65,86-87H,6-7,12-15,20-23,28-41,44-46,82-84H2,1-5H3,(H,85,108)(H,88,101)(H,89,102)(H,90,110)(H,91,112)(H,92,111)(H,93,113)(H,94,109)(H,95,114)(H,104,105)(H,106,107)/t55-,56-,57-,58-,59-,60-,61-,62-,63-,64?,65?/m0/s1. The molecule has 38 nitrogen and oxygen atoms in total. The van der Waals surface area contributed by atoms with E-state index in [9.17, 15) is 63.0 Å². The van der Waals surface area contributed by atoms with E-state index in [-0.39, 0.29) is 108 Å². The highest BCUT2D eigenvalue weighted by molar-refractivity contribution is 7.99. The molecule has 19 N–H and O–H groups in total. The maximum Gasteiger partial charge on any atom is 0.305 e. The van der Waals surface area contributed by atoms with E-state index in [1.807, 2.05) is 6.92 Å². The van der Waals surface area contributed by atoms with Crippen LogP contribution in [0.3, 0.4) is 0 Å². The van der Waals surface area contributed by atoms with Gasteiger partial charge in [-0.3, -0.25) is 76.7 Å². The van der Waals surface area contributed by atoms with Crippen LogP contribution in [-0.2, 0) is 96.0 Å². The summed E-state index contributed by atoms with van der Waals surface area (Å²) in [5.41, 5.74) is 21.3. The Hall–Kier alpha value is -11.7. The summed E-state index contributed by atoms with van der Waals surface area (Å²) in [7, 11) is 5.35. The van der Waals surface area contributed by atoms with E-state index in [4.69, 9.17) is 21.9 Å². The fraction of sp³-hybridized carbons (Fsp3) is 0.531. The molecule has 14 amide bonds. The van der Waals surface area contributed by atoms with Crippen LogP contribution < -0.4 is 69.8 Å². The predicted octanol–water partition coefficient (Wildman–Crippen LogP) is -1.88. The first-order valence-electron chi connectivity index (χ1n) is 40.4. The number of ether oxygens (including phenoxy) is 1. The summed E-state index contributed by atoms with van der Waals surface area (Å²) in [5.74, 6) is -14.2. The van der Waals surface area contributed by atoms with Gasteiger partial charge in [-0.25, -0.2) is 0 Å². The number of carboxylic acids is 2. The summed E-state index contributed by atoms with van der Waals surface area (Å²) in [6.07, 6.45) is 2.97. The Bertz CT molecular complexity index is 4470. The van der Waals surface area contributed by atoms with Gasteiger partial charge in [-0.1, -0.05) is 68.3 Å². The fourth-order valence-corrected chi connectivity index (χ4v) is 15.6. The maximum absolute atomic E-state index is 15.2. The van der Waals surface area contributed by atoms with E-state index >= 15 is 24.0 Å². The van der Waals surface area contributed by atoms with Gasteiger partial charge in [0.05, 0.1) is 32.4 Å². The molecule has 3 aliphatic rings. The van der Waals surface area contributed by atoms with Crippen molar-refractivity contribution in [2.75, 3.05) is 92.1 Å². The van der Waals surface area contributed by atoms with Crippen LogP contribution in [0, 0.1) is 0 Å². The minimum Gasteiger partial charge on any atom is -0.497 e. The molecule has 3 aliphatic heterocycles. The van der Waals surface area contributed by atoms with Gasteiger partial charge in [0.15, 0.2) is 0 Å². The number of unbranched alkanes of at least 4 members (excludes halogenated alkanes) is 2. The number of methoxy groups -OCH3 is 1. The van der Waals surface area contributed by atoms with Crippen LogP contribution in [0.5, 0.6) is 5.75 Å². The van der Waals surface area contributed by atoms with Crippen molar-refractivity contribution >= 4 is 128 Å². The van der Waals surface area contributed by atoms with Crippen molar-refractivity contribution < 1.29 is 91.7 Å². The van der Waals surface area contributed by atoms with Gasteiger partial charge in [0, 0.05) is 113 Å². The zero-order valence-corrected chi connectivity index (χ0v) is 69.1. The number of rotatable bonds is 22. The van der Waals surface area contributed by atoms with Crippen molar-refractivity contribution in [3.8, 4) is 5.75 Å². The number of H-pyrrole nitrogens is 2. The van der Waals surface area contributed by atoms with Crippen LogP contribution in [0.2, 0.25) is 0 Å².